The summed E-state index contributed by atoms with van der Waals surface area (Å²) in [6.07, 6.45) is 1.58. The molecular weight excluding hydrogens is 366 g/mol. The van der Waals surface area contributed by atoms with Crippen LogP contribution in [0.1, 0.15) is 16.1 Å². The van der Waals surface area contributed by atoms with Crippen LogP contribution in [0.15, 0.2) is 60.8 Å². The van der Waals surface area contributed by atoms with Gasteiger partial charge in [0.15, 0.2) is 11.5 Å². The fourth-order valence-electron chi connectivity index (χ4n) is 2.68. The maximum atomic E-state index is 12.4. The summed E-state index contributed by atoms with van der Waals surface area (Å²) in [6, 6.07) is 16.4. The summed E-state index contributed by atoms with van der Waals surface area (Å²) in [5.74, 6) is 1.13. The van der Waals surface area contributed by atoms with Gasteiger partial charge in [0.2, 0.25) is 6.79 Å². The van der Waals surface area contributed by atoms with Gasteiger partial charge in [-0.2, -0.15) is 0 Å². The van der Waals surface area contributed by atoms with E-state index in [0.29, 0.717) is 23.0 Å². The molecule has 1 aromatic heterocycles. The number of benzene rings is 2. The second-order valence-electron chi connectivity index (χ2n) is 5.90. The van der Waals surface area contributed by atoms with E-state index in [0.717, 1.165) is 22.7 Å². The molecule has 2 heterocycles. The lowest BCUT2D eigenvalue weighted by atomic mass is 10.2. The van der Waals surface area contributed by atoms with Gasteiger partial charge >= 0.3 is 0 Å². The van der Waals surface area contributed by atoms with Crippen LogP contribution in [0.4, 0.5) is 11.4 Å². The first-order valence-electron chi connectivity index (χ1n) is 8.33. The molecule has 2 N–H and O–H groups in total. The Morgan fingerprint density at radius 2 is 1.85 bits per heavy atom. The Morgan fingerprint density at radius 1 is 1.04 bits per heavy atom. The average molecular weight is 382 g/mol. The molecule has 0 bridgehead atoms. The second-order valence-corrected chi connectivity index (χ2v) is 6.30. The Hall–Kier alpha value is -3.25. The van der Waals surface area contributed by atoms with Crippen molar-refractivity contribution < 1.29 is 14.3 Å². The number of fused-ring (bicyclic) bond motifs is 1. The lowest BCUT2D eigenvalue weighted by Crippen LogP contribution is -2.24. The van der Waals surface area contributed by atoms with E-state index >= 15 is 0 Å². The summed E-state index contributed by atoms with van der Waals surface area (Å²) in [4.78, 5) is 16.6. The highest BCUT2D eigenvalue weighted by Crippen LogP contribution is 2.35. The summed E-state index contributed by atoms with van der Waals surface area (Å²) in [7, 11) is 0. The number of hydrogen-bond donors (Lipinski definition) is 2. The van der Waals surface area contributed by atoms with Crippen LogP contribution in [0.2, 0.25) is 5.02 Å². The molecule has 0 aliphatic carbocycles. The Labute approximate surface area is 161 Å². The molecule has 1 aliphatic rings. The number of halogens is 1. The molecular formula is C20H16ClN3O3. The van der Waals surface area contributed by atoms with Gasteiger partial charge in [-0.1, -0.05) is 29.8 Å². The average Bonchev–Trinajstić information content (AvgIpc) is 3.15. The number of anilines is 2. The molecule has 0 atom stereocenters. The molecule has 27 heavy (non-hydrogen) atoms. The zero-order chi connectivity index (χ0) is 18.6. The predicted octanol–water partition coefficient (Wildman–Crippen LogP) is 4.14. The normalized spacial score (nSPS) is 11.9. The van der Waals surface area contributed by atoms with E-state index < -0.39 is 0 Å². The molecule has 1 aliphatic heterocycles. The standard InChI is InChI=1S/C20H16ClN3O3/c21-16-4-2-1-3-13(16)11-23-20(25)17-9-15(7-8-22-17)24-14-5-6-18-19(10-14)27-12-26-18/h1-10H,11-12H2,(H,22,24)(H,23,25). The van der Waals surface area contributed by atoms with Crippen molar-refractivity contribution in [1.82, 2.24) is 10.3 Å². The first kappa shape index (κ1) is 17.2. The van der Waals surface area contributed by atoms with Gasteiger partial charge in [-0.05, 0) is 35.9 Å². The summed E-state index contributed by atoms with van der Waals surface area (Å²) in [5, 5.41) is 6.68. The monoisotopic (exact) mass is 381 g/mol. The van der Waals surface area contributed by atoms with Crippen LogP contribution in [0, 0.1) is 0 Å². The minimum atomic E-state index is -0.274. The van der Waals surface area contributed by atoms with Gasteiger partial charge in [-0.25, -0.2) is 0 Å². The minimum absolute atomic E-state index is 0.226. The highest BCUT2D eigenvalue weighted by atomic mass is 35.5. The maximum Gasteiger partial charge on any atom is 0.270 e. The van der Waals surface area contributed by atoms with Crippen LogP contribution in [0.25, 0.3) is 0 Å². The molecule has 0 fully saturated rings. The van der Waals surface area contributed by atoms with Crippen molar-refractivity contribution in [3.63, 3.8) is 0 Å². The van der Waals surface area contributed by atoms with E-state index in [-0.39, 0.29) is 12.7 Å². The SMILES string of the molecule is O=C(NCc1ccccc1Cl)c1cc(Nc2ccc3c(c2)OCO3)ccn1. The van der Waals surface area contributed by atoms with Crippen LogP contribution < -0.4 is 20.1 Å². The van der Waals surface area contributed by atoms with Crippen molar-refractivity contribution in [3.8, 4) is 11.5 Å². The molecule has 2 aromatic carbocycles. The molecule has 0 saturated heterocycles. The molecule has 0 spiro atoms. The van der Waals surface area contributed by atoms with Gasteiger partial charge in [0, 0.05) is 35.2 Å². The van der Waals surface area contributed by atoms with Crippen LogP contribution in [-0.4, -0.2) is 17.7 Å². The van der Waals surface area contributed by atoms with Crippen molar-refractivity contribution in [2.24, 2.45) is 0 Å². The van der Waals surface area contributed by atoms with Gasteiger partial charge in [0.25, 0.3) is 5.91 Å². The summed E-state index contributed by atoms with van der Waals surface area (Å²) >= 11 is 6.11. The highest BCUT2D eigenvalue weighted by Gasteiger charge is 2.14. The summed E-state index contributed by atoms with van der Waals surface area (Å²) in [6.45, 7) is 0.559. The third kappa shape index (κ3) is 3.96. The third-order valence-corrected chi connectivity index (χ3v) is 4.42. The molecule has 6 nitrogen and oxygen atoms in total. The number of ether oxygens (including phenoxy) is 2. The van der Waals surface area contributed by atoms with Crippen molar-refractivity contribution in [3.05, 3.63) is 77.1 Å². The first-order valence-corrected chi connectivity index (χ1v) is 8.71. The van der Waals surface area contributed by atoms with Crippen molar-refractivity contribution in [2.75, 3.05) is 12.1 Å². The number of pyridine rings is 1. The number of nitrogens with zero attached hydrogens (tertiary/aromatic N) is 1. The molecule has 0 radical (unpaired) electrons. The molecule has 136 valence electrons. The Bertz CT molecular complexity index is 994. The van der Waals surface area contributed by atoms with E-state index in [4.69, 9.17) is 21.1 Å². The predicted molar refractivity (Wildman–Crippen MR) is 103 cm³/mol. The second kappa shape index (κ2) is 7.55. The zero-order valence-electron chi connectivity index (χ0n) is 14.2. The Balaban J connectivity index is 1.44. The molecule has 0 saturated carbocycles. The van der Waals surface area contributed by atoms with Gasteiger partial charge in [-0.15, -0.1) is 0 Å². The Kier molecular flexibility index (Phi) is 4.80. The van der Waals surface area contributed by atoms with E-state index in [1.54, 1.807) is 24.4 Å². The van der Waals surface area contributed by atoms with E-state index in [2.05, 4.69) is 15.6 Å². The summed E-state index contributed by atoms with van der Waals surface area (Å²) in [5.41, 5.74) is 2.73. The first-order chi connectivity index (χ1) is 13.2. The molecule has 0 unspecified atom stereocenters. The van der Waals surface area contributed by atoms with Crippen LogP contribution in [-0.2, 0) is 6.54 Å². The topological polar surface area (TPSA) is 72.5 Å². The summed E-state index contributed by atoms with van der Waals surface area (Å²) < 4.78 is 10.7. The third-order valence-electron chi connectivity index (χ3n) is 4.05. The van der Waals surface area contributed by atoms with Crippen LogP contribution in [0.3, 0.4) is 0 Å². The molecule has 7 heteroatoms. The molecule has 4 rings (SSSR count). The van der Waals surface area contributed by atoms with E-state index in [1.165, 1.54) is 0 Å². The largest absolute Gasteiger partial charge is 0.454 e. The van der Waals surface area contributed by atoms with Crippen LogP contribution in [0.5, 0.6) is 11.5 Å². The lowest BCUT2D eigenvalue weighted by molar-refractivity contribution is 0.0946. The number of carbonyl (C=O) groups excluding carboxylic acids is 1. The van der Waals surface area contributed by atoms with Gasteiger partial charge in [0.05, 0.1) is 0 Å². The molecule has 3 aromatic rings. The van der Waals surface area contributed by atoms with Gasteiger partial charge in [-0.3, -0.25) is 9.78 Å². The molecule has 1 amide bonds. The minimum Gasteiger partial charge on any atom is -0.454 e. The fraction of sp³-hybridized carbons (Fsp3) is 0.100. The number of amides is 1. The van der Waals surface area contributed by atoms with Crippen molar-refractivity contribution in [2.45, 2.75) is 6.54 Å². The van der Waals surface area contributed by atoms with Crippen LogP contribution >= 0.6 is 11.6 Å². The number of hydrogen-bond acceptors (Lipinski definition) is 5. The zero-order valence-corrected chi connectivity index (χ0v) is 15.0. The Morgan fingerprint density at radius 3 is 2.74 bits per heavy atom. The van der Waals surface area contributed by atoms with Gasteiger partial charge < -0.3 is 20.1 Å². The van der Waals surface area contributed by atoms with E-state index in [1.807, 2.05) is 36.4 Å². The highest BCUT2D eigenvalue weighted by molar-refractivity contribution is 6.31. The lowest BCUT2D eigenvalue weighted by Gasteiger charge is -2.10. The smallest absolute Gasteiger partial charge is 0.270 e. The number of nitrogens with one attached hydrogen (secondary N) is 2. The van der Waals surface area contributed by atoms with Gasteiger partial charge in [0.1, 0.15) is 5.69 Å². The number of aromatic nitrogens is 1. The number of carbonyl (C=O) groups is 1. The van der Waals surface area contributed by atoms with Crippen molar-refractivity contribution >= 4 is 28.9 Å². The maximum absolute atomic E-state index is 12.4. The van der Waals surface area contributed by atoms with Crippen molar-refractivity contribution in [1.29, 1.82) is 0 Å². The number of rotatable bonds is 5. The quantitative estimate of drug-likeness (QED) is 0.695. The fourth-order valence-corrected chi connectivity index (χ4v) is 2.88. The van der Waals surface area contributed by atoms with E-state index in [9.17, 15) is 4.79 Å².